The van der Waals surface area contributed by atoms with Gasteiger partial charge in [-0.1, -0.05) is 12.2 Å². The minimum atomic E-state index is -0.864. The molecule has 3 unspecified atom stereocenters. The van der Waals surface area contributed by atoms with Crippen LogP contribution in [0.2, 0.25) is 0 Å². The molecule has 0 aromatic carbocycles. The molecule has 80 valence electrons. The van der Waals surface area contributed by atoms with Crippen molar-refractivity contribution in [3.63, 3.8) is 0 Å². The summed E-state index contributed by atoms with van der Waals surface area (Å²) in [4.78, 5) is 11.0. The number of allylic oxidation sites excluding steroid dienone is 2. The summed E-state index contributed by atoms with van der Waals surface area (Å²) in [7, 11) is -0.786. The molecule has 14 heavy (non-hydrogen) atoms. The number of carboxylic acid groups (broad SMARTS) is 1. The van der Waals surface area contributed by atoms with E-state index in [1.54, 1.807) is 6.92 Å². The van der Waals surface area contributed by atoms with Crippen molar-refractivity contribution in [1.29, 1.82) is 0 Å². The largest absolute Gasteiger partial charge is 0.480 e. The van der Waals surface area contributed by atoms with E-state index >= 15 is 0 Å². The average molecular weight is 216 g/mol. The summed E-state index contributed by atoms with van der Waals surface area (Å²) in [6.45, 7) is 1.74. The van der Waals surface area contributed by atoms with Crippen molar-refractivity contribution >= 4 is 16.9 Å². The van der Waals surface area contributed by atoms with Crippen molar-refractivity contribution in [2.75, 3.05) is 0 Å². The highest BCUT2D eigenvalue weighted by atomic mass is 32.2. The first kappa shape index (κ1) is 11.3. The molecule has 0 amide bonds. The fourth-order valence-corrected chi connectivity index (χ4v) is 3.30. The van der Waals surface area contributed by atoms with Gasteiger partial charge in [0.25, 0.3) is 0 Å². The Balaban J connectivity index is 2.78. The predicted octanol–water partition coefficient (Wildman–Crippen LogP) is 0.156. The van der Waals surface area contributed by atoms with Gasteiger partial charge in [-0.25, -0.2) is 0 Å². The zero-order valence-electron chi connectivity index (χ0n) is 8.00. The van der Waals surface area contributed by atoms with E-state index in [2.05, 4.69) is 0 Å². The molecule has 0 bridgehead atoms. The third-order valence-electron chi connectivity index (χ3n) is 2.17. The van der Waals surface area contributed by atoms with Crippen molar-refractivity contribution in [3.8, 4) is 0 Å². The summed E-state index contributed by atoms with van der Waals surface area (Å²) >= 11 is 0. The van der Waals surface area contributed by atoms with Crippen LogP contribution in [-0.2, 0) is 4.79 Å². The Morgan fingerprint density at radius 2 is 1.86 bits per heavy atom. The molecule has 0 radical (unpaired) electrons. The second-order valence-electron chi connectivity index (χ2n) is 3.35. The number of hydrogen-bond donors (Lipinski definition) is 4. The number of hydrogen-bond acceptors (Lipinski definition) is 3. The lowest BCUT2D eigenvalue weighted by Gasteiger charge is -2.28. The lowest BCUT2D eigenvalue weighted by molar-refractivity contribution is -0.136. The highest BCUT2D eigenvalue weighted by Gasteiger charge is 2.31. The fourth-order valence-electron chi connectivity index (χ4n) is 1.31. The molecule has 1 heterocycles. The van der Waals surface area contributed by atoms with Crippen LogP contribution in [0.5, 0.6) is 0 Å². The monoisotopic (exact) mass is 216 g/mol. The van der Waals surface area contributed by atoms with Crippen LogP contribution in [0.1, 0.15) is 6.92 Å². The van der Waals surface area contributed by atoms with Gasteiger partial charge in [0.1, 0.15) is 5.25 Å². The summed E-state index contributed by atoms with van der Waals surface area (Å²) in [6, 6.07) is -0.799. The van der Waals surface area contributed by atoms with Crippen molar-refractivity contribution in [3.05, 3.63) is 23.0 Å². The van der Waals surface area contributed by atoms with E-state index in [0.29, 0.717) is 0 Å². The Hall–Kier alpha value is -0.780. The molecule has 0 aromatic heterocycles. The van der Waals surface area contributed by atoms with Gasteiger partial charge in [0.2, 0.25) is 0 Å². The van der Waals surface area contributed by atoms with Crippen LogP contribution in [0.15, 0.2) is 23.0 Å². The summed E-state index contributed by atoms with van der Waals surface area (Å²) < 4.78 is 0. The summed E-state index contributed by atoms with van der Waals surface area (Å²) in [6.07, 6.45) is 3.71. The van der Waals surface area contributed by atoms with E-state index in [1.807, 2.05) is 23.0 Å². The Morgan fingerprint density at radius 1 is 1.36 bits per heavy atom. The van der Waals surface area contributed by atoms with Gasteiger partial charge in [0, 0.05) is 12.1 Å². The highest BCUT2D eigenvalue weighted by Crippen LogP contribution is 2.39. The lowest BCUT2D eigenvalue weighted by Crippen LogP contribution is -2.50. The molecule has 1 aliphatic rings. The Kier molecular flexibility index (Phi) is 3.74. The predicted molar refractivity (Wildman–Crippen MR) is 60.3 cm³/mol. The smallest absolute Gasteiger partial charge is 0.317 e. The van der Waals surface area contributed by atoms with Gasteiger partial charge >= 0.3 is 5.97 Å². The van der Waals surface area contributed by atoms with Gasteiger partial charge in [0.05, 0.1) is 0 Å². The Bertz CT molecular complexity index is 264. The maximum absolute atomic E-state index is 11.0. The van der Waals surface area contributed by atoms with Gasteiger partial charge in [-0.2, -0.15) is 10.9 Å². The summed E-state index contributed by atoms with van der Waals surface area (Å²) in [5, 5.41) is 12.3. The van der Waals surface area contributed by atoms with E-state index in [4.69, 9.17) is 16.6 Å². The third kappa shape index (κ3) is 2.37. The average Bonchev–Trinajstić information content (AvgIpc) is 2.56. The van der Waals surface area contributed by atoms with Crippen molar-refractivity contribution in [2.45, 2.75) is 24.3 Å². The molecule has 0 aliphatic carbocycles. The topological polar surface area (TPSA) is 89.3 Å². The van der Waals surface area contributed by atoms with Crippen LogP contribution >= 0.6 is 10.9 Å². The molecule has 0 saturated heterocycles. The molecule has 0 spiro atoms. The van der Waals surface area contributed by atoms with Crippen molar-refractivity contribution in [2.24, 2.45) is 11.5 Å². The number of carboxylic acids is 1. The van der Waals surface area contributed by atoms with E-state index in [1.165, 1.54) is 0 Å². The zero-order chi connectivity index (χ0) is 10.7. The van der Waals surface area contributed by atoms with Gasteiger partial charge in [-0.15, -0.1) is 0 Å². The fraction of sp³-hybridized carbons (Fsp3) is 0.444. The number of carbonyl (C=O) groups is 1. The Morgan fingerprint density at radius 3 is 2.21 bits per heavy atom. The minimum absolute atomic E-state index is 0.305. The second-order valence-corrected chi connectivity index (χ2v) is 5.40. The molecule has 1 aliphatic heterocycles. The van der Waals surface area contributed by atoms with E-state index in [9.17, 15) is 4.79 Å². The van der Waals surface area contributed by atoms with E-state index in [0.717, 1.165) is 0 Å². The van der Waals surface area contributed by atoms with Crippen LogP contribution in [0, 0.1) is 0 Å². The molecular weight excluding hydrogens is 200 g/mol. The van der Waals surface area contributed by atoms with Gasteiger partial charge in [0.15, 0.2) is 0 Å². The van der Waals surface area contributed by atoms with Gasteiger partial charge in [-0.3, -0.25) is 4.79 Å². The quantitative estimate of drug-likeness (QED) is 0.504. The molecule has 0 fully saturated rings. The number of nitrogens with two attached hydrogens (primary N) is 2. The first-order valence-electron chi connectivity index (χ1n) is 4.40. The van der Waals surface area contributed by atoms with Crippen LogP contribution in [-0.4, -0.2) is 28.4 Å². The second kappa shape index (κ2) is 4.63. The standard InChI is InChI=1S/C9H16N2O2S/c1-6(10)7(11)8(9(12)13)14-4-2-3-5-14/h2-8,14H,10-11H2,1H3,(H,12,13). The molecule has 5 heteroatoms. The number of thiol groups is 1. The molecule has 3 atom stereocenters. The first-order chi connectivity index (χ1) is 6.54. The number of aliphatic carboxylic acids is 1. The normalized spacial score (nSPS) is 23.5. The summed E-state index contributed by atoms with van der Waals surface area (Å²) in [5.74, 6) is -0.864. The minimum Gasteiger partial charge on any atom is -0.480 e. The van der Waals surface area contributed by atoms with Crippen molar-refractivity contribution < 1.29 is 9.90 Å². The molecule has 0 aromatic rings. The molecule has 1 rings (SSSR count). The highest BCUT2D eigenvalue weighted by molar-refractivity contribution is 8.23. The molecule has 5 N–H and O–H groups in total. The SMILES string of the molecule is CC(N)C(N)C(C(=O)O)[SH]1C=CC=C1. The van der Waals surface area contributed by atoms with Crippen molar-refractivity contribution in [1.82, 2.24) is 0 Å². The van der Waals surface area contributed by atoms with Gasteiger partial charge in [-0.05, 0) is 17.7 Å². The van der Waals surface area contributed by atoms with Crippen LogP contribution < -0.4 is 11.5 Å². The van der Waals surface area contributed by atoms with Gasteiger partial charge < -0.3 is 16.6 Å². The summed E-state index contributed by atoms with van der Waals surface area (Å²) in [5.41, 5.74) is 11.4. The molecular formula is C9H16N2O2S. The van der Waals surface area contributed by atoms with E-state index in [-0.39, 0.29) is 6.04 Å². The third-order valence-corrected chi connectivity index (χ3v) is 4.41. The maximum Gasteiger partial charge on any atom is 0.317 e. The molecule has 4 nitrogen and oxygen atoms in total. The van der Waals surface area contributed by atoms with Crippen LogP contribution in [0.25, 0.3) is 0 Å². The van der Waals surface area contributed by atoms with Crippen LogP contribution in [0.4, 0.5) is 0 Å². The first-order valence-corrected chi connectivity index (χ1v) is 5.95. The van der Waals surface area contributed by atoms with Crippen LogP contribution in [0.3, 0.4) is 0 Å². The lowest BCUT2D eigenvalue weighted by atomic mass is 10.1. The Labute approximate surface area is 86.0 Å². The molecule has 0 saturated carbocycles. The number of rotatable bonds is 4. The zero-order valence-corrected chi connectivity index (χ0v) is 8.89. The maximum atomic E-state index is 11.0. The van der Waals surface area contributed by atoms with E-state index < -0.39 is 28.2 Å².